The third-order valence-electron chi connectivity index (χ3n) is 2.58. The van der Waals surface area contributed by atoms with E-state index >= 15 is 0 Å². The summed E-state index contributed by atoms with van der Waals surface area (Å²) in [5.41, 5.74) is 1.25. The fourth-order valence-electron chi connectivity index (χ4n) is 1.73. The summed E-state index contributed by atoms with van der Waals surface area (Å²) in [6.07, 6.45) is 1.30. The molecule has 2 heterocycles. The Morgan fingerprint density at radius 3 is 2.80 bits per heavy atom. The van der Waals surface area contributed by atoms with Crippen molar-refractivity contribution in [1.82, 2.24) is 15.6 Å². The molecule has 2 rings (SSSR count). The highest BCUT2D eigenvalue weighted by molar-refractivity contribution is 5.97. The van der Waals surface area contributed by atoms with Crippen LogP contribution in [-0.2, 0) is 11.3 Å². The zero-order chi connectivity index (χ0) is 14.6. The molecule has 0 aromatic carbocycles. The minimum atomic E-state index is -0.488. The molecule has 108 valence electrons. The number of nitrogens with one attached hydrogen (secondary N) is 2. The van der Waals surface area contributed by atoms with Crippen LogP contribution in [0.3, 0.4) is 0 Å². The molecule has 0 radical (unpaired) electrons. The molecule has 1 amide bonds. The molecule has 2 N–H and O–H groups in total. The van der Waals surface area contributed by atoms with Crippen molar-refractivity contribution in [1.29, 1.82) is 0 Å². The van der Waals surface area contributed by atoms with E-state index in [2.05, 4.69) is 20.6 Å². The van der Waals surface area contributed by atoms with E-state index in [0.717, 1.165) is 30.2 Å². The largest absolute Gasteiger partial charge is 0.444 e. The van der Waals surface area contributed by atoms with E-state index in [9.17, 15) is 4.79 Å². The summed E-state index contributed by atoms with van der Waals surface area (Å²) in [4.78, 5) is 20.2. The predicted octanol–water partition coefficient (Wildman–Crippen LogP) is 1.46. The summed E-state index contributed by atoms with van der Waals surface area (Å²) in [6.45, 7) is 7.54. The molecule has 0 atom stereocenters. The van der Waals surface area contributed by atoms with E-state index in [1.807, 2.05) is 32.9 Å². The summed E-state index contributed by atoms with van der Waals surface area (Å²) >= 11 is 0. The van der Waals surface area contributed by atoms with Crippen LogP contribution >= 0.6 is 0 Å². The molecule has 1 aromatic rings. The van der Waals surface area contributed by atoms with E-state index < -0.39 is 11.7 Å². The lowest BCUT2D eigenvalue weighted by Gasteiger charge is -2.19. The average Bonchev–Trinajstić information content (AvgIpc) is 2.89. The Morgan fingerprint density at radius 2 is 2.25 bits per heavy atom. The summed E-state index contributed by atoms with van der Waals surface area (Å²) < 4.78 is 5.16. The maximum atomic E-state index is 11.5. The number of hydrogen-bond acceptors (Lipinski definition) is 5. The van der Waals surface area contributed by atoms with Gasteiger partial charge in [0.05, 0.1) is 6.54 Å². The molecule has 1 aromatic heterocycles. The molecule has 1 aliphatic rings. The molecule has 6 nitrogen and oxygen atoms in total. The molecule has 6 heteroatoms. The second-order valence-corrected chi connectivity index (χ2v) is 5.56. The molecule has 0 bridgehead atoms. The van der Waals surface area contributed by atoms with E-state index in [0.29, 0.717) is 6.54 Å². The molecule has 1 aliphatic heterocycles. The maximum Gasteiger partial charge on any atom is 0.407 e. The Balaban J connectivity index is 1.86. The molecular weight excluding hydrogens is 256 g/mol. The lowest BCUT2D eigenvalue weighted by atomic mass is 10.2. The second kappa shape index (κ2) is 5.90. The topological polar surface area (TPSA) is 75.6 Å². The van der Waals surface area contributed by atoms with Crippen molar-refractivity contribution in [3.63, 3.8) is 0 Å². The number of hydrogen-bond donors (Lipinski definition) is 2. The van der Waals surface area contributed by atoms with Gasteiger partial charge in [-0.05, 0) is 32.4 Å². The number of ether oxygens (including phenoxy) is 1. The second-order valence-electron chi connectivity index (χ2n) is 5.56. The minimum Gasteiger partial charge on any atom is -0.444 e. The molecule has 0 aliphatic carbocycles. The fraction of sp³-hybridized carbons (Fsp3) is 0.500. The first-order chi connectivity index (χ1) is 9.44. The van der Waals surface area contributed by atoms with E-state index in [4.69, 9.17) is 4.74 Å². The van der Waals surface area contributed by atoms with Crippen molar-refractivity contribution in [3.05, 3.63) is 29.6 Å². The van der Waals surface area contributed by atoms with Crippen LogP contribution in [0.5, 0.6) is 0 Å². The number of amidine groups is 1. The van der Waals surface area contributed by atoms with Crippen LogP contribution in [0.4, 0.5) is 4.79 Å². The number of aliphatic imine (C=N–C) groups is 1. The van der Waals surface area contributed by atoms with Crippen LogP contribution in [0.1, 0.15) is 32.0 Å². The van der Waals surface area contributed by atoms with Gasteiger partial charge in [0.25, 0.3) is 0 Å². The van der Waals surface area contributed by atoms with Crippen molar-refractivity contribution in [2.75, 3.05) is 13.1 Å². The summed E-state index contributed by atoms with van der Waals surface area (Å²) in [6, 6.07) is 3.81. The van der Waals surface area contributed by atoms with Gasteiger partial charge >= 0.3 is 6.09 Å². The summed E-state index contributed by atoms with van der Waals surface area (Å²) in [5, 5.41) is 5.86. The Labute approximate surface area is 118 Å². The van der Waals surface area contributed by atoms with Crippen LogP contribution in [-0.4, -0.2) is 35.6 Å². The van der Waals surface area contributed by atoms with Gasteiger partial charge in [-0.15, -0.1) is 0 Å². The number of alkyl carbamates (subject to hydrolysis) is 1. The van der Waals surface area contributed by atoms with Gasteiger partial charge in [0, 0.05) is 19.3 Å². The van der Waals surface area contributed by atoms with Crippen LogP contribution < -0.4 is 10.6 Å². The monoisotopic (exact) mass is 276 g/mol. The predicted molar refractivity (Wildman–Crippen MR) is 76.7 cm³/mol. The van der Waals surface area contributed by atoms with Crippen LogP contribution in [0.15, 0.2) is 23.3 Å². The van der Waals surface area contributed by atoms with Gasteiger partial charge in [-0.3, -0.25) is 9.98 Å². The van der Waals surface area contributed by atoms with Crippen molar-refractivity contribution < 1.29 is 9.53 Å². The number of amides is 1. The molecule has 0 fully saturated rings. The molecule has 0 saturated heterocycles. The molecular formula is C14H20N4O2. The van der Waals surface area contributed by atoms with Gasteiger partial charge in [0.15, 0.2) is 0 Å². The quantitative estimate of drug-likeness (QED) is 0.876. The van der Waals surface area contributed by atoms with Gasteiger partial charge in [-0.25, -0.2) is 4.79 Å². The van der Waals surface area contributed by atoms with Gasteiger partial charge in [0.1, 0.15) is 17.1 Å². The van der Waals surface area contributed by atoms with Crippen molar-refractivity contribution in [2.45, 2.75) is 32.9 Å². The SMILES string of the molecule is CC(C)(C)OC(=O)NCc1ccc(C2=NCCN2)nc1. The smallest absolute Gasteiger partial charge is 0.407 e. The van der Waals surface area contributed by atoms with Gasteiger partial charge in [-0.1, -0.05) is 6.07 Å². The summed E-state index contributed by atoms with van der Waals surface area (Å²) in [5.74, 6) is 0.830. The third-order valence-corrected chi connectivity index (χ3v) is 2.58. The molecule has 0 saturated carbocycles. The van der Waals surface area contributed by atoms with E-state index in [-0.39, 0.29) is 0 Å². The van der Waals surface area contributed by atoms with E-state index in [1.165, 1.54) is 0 Å². The van der Waals surface area contributed by atoms with Crippen LogP contribution in [0, 0.1) is 0 Å². The van der Waals surface area contributed by atoms with E-state index in [1.54, 1.807) is 6.20 Å². The lowest BCUT2D eigenvalue weighted by Crippen LogP contribution is -2.32. The van der Waals surface area contributed by atoms with Crippen molar-refractivity contribution in [3.8, 4) is 0 Å². The zero-order valence-corrected chi connectivity index (χ0v) is 12.1. The molecule has 0 spiro atoms. The first-order valence-corrected chi connectivity index (χ1v) is 6.64. The minimum absolute atomic E-state index is 0.391. The highest BCUT2D eigenvalue weighted by Gasteiger charge is 2.15. The lowest BCUT2D eigenvalue weighted by molar-refractivity contribution is 0.0523. The number of nitrogens with zero attached hydrogens (tertiary/aromatic N) is 2. The number of pyridine rings is 1. The Bertz CT molecular complexity index is 503. The number of carbonyl (C=O) groups excluding carboxylic acids is 1. The standard InChI is InChI=1S/C14H20N4O2/c1-14(2,3)20-13(19)18-9-10-4-5-11(17-8-10)12-15-6-7-16-12/h4-5,8H,6-7,9H2,1-3H3,(H,15,16)(H,18,19). The van der Waals surface area contributed by atoms with Crippen molar-refractivity contribution in [2.24, 2.45) is 4.99 Å². The van der Waals surface area contributed by atoms with Crippen molar-refractivity contribution >= 4 is 11.9 Å². The highest BCUT2D eigenvalue weighted by Crippen LogP contribution is 2.07. The van der Waals surface area contributed by atoms with Gasteiger partial charge < -0.3 is 15.4 Å². The molecule has 0 unspecified atom stereocenters. The van der Waals surface area contributed by atoms with Gasteiger partial charge in [0.2, 0.25) is 0 Å². The van der Waals surface area contributed by atoms with Gasteiger partial charge in [-0.2, -0.15) is 0 Å². The Kier molecular flexibility index (Phi) is 4.22. The number of carbonyl (C=O) groups is 1. The Hall–Kier alpha value is -2.11. The zero-order valence-electron chi connectivity index (χ0n) is 12.1. The van der Waals surface area contributed by atoms with Crippen LogP contribution in [0.2, 0.25) is 0 Å². The maximum absolute atomic E-state index is 11.5. The summed E-state index contributed by atoms with van der Waals surface area (Å²) in [7, 11) is 0. The normalized spacial score (nSPS) is 14.4. The van der Waals surface area contributed by atoms with Crippen LogP contribution in [0.25, 0.3) is 0 Å². The fourth-order valence-corrected chi connectivity index (χ4v) is 1.73. The third kappa shape index (κ3) is 4.22. The first kappa shape index (κ1) is 14.3. The highest BCUT2D eigenvalue weighted by atomic mass is 16.6. The Morgan fingerprint density at radius 1 is 1.45 bits per heavy atom. The first-order valence-electron chi connectivity index (χ1n) is 6.64. The number of aromatic nitrogens is 1. The molecule has 20 heavy (non-hydrogen) atoms. The average molecular weight is 276 g/mol. The number of rotatable bonds is 3.